The Kier molecular flexibility index (Phi) is 4.44. The second kappa shape index (κ2) is 7.04. The Labute approximate surface area is 150 Å². The molecule has 0 saturated carbocycles. The number of nitrogens with one attached hydrogen (secondary N) is 2. The maximum absolute atomic E-state index is 13.0. The summed E-state index contributed by atoms with van der Waals surface area (Å²) in [6.45, 7) is 2.39. The van der Waals surface area contributed by atoms with Crippen molar-refractivity contribution in [3.63, 3.8) is 0 Å². The molecule has 1 unspecified atom stereocenters. The van der Waals surface area contributed by atoms with Crippen molar-refractivity contribution in [2.24, 2.45) is 0 Å². The largest absolute Gasteiger partial charge is 0.348 e. The van der Waals surface area contributed by atoms with Crippen LogP contribution in [0.25, 0.3) is 11.2 Å². The van der Waals surface area contributed by atoms with E-state index >= 15 is 0 Å². The van der Waals surface area contributed by atoms with E-state index in [4.69, 9.17) is 0 Å². The zero-order valence-electron chi connectivity index (χ0n) is 14.5. The first-order chi connectivity index (χ1) is 12.7. The van der Waals surface area contributed by atoms with Crippen LogP contribution in [0.4, 0.5) is 5.82 Å². The van der Waals surface area contributed by atoms with Crippen LogP contribution in [0.3, 0.4) is 0 Å². The number of aromatic amines is 1. The number of likely N-dealkylation sites (N-methyl/N-ethyl adjacent to an activating group) is 1. The number of H-pyrrole nitrogens is 1. The third kappa shape index (κ3) is 3.08. The Morgan fingerprint density at radius 2 is 2.31 bits per heavy atom. The molecule has 134 valence electrons. The monoisotopic (exact) mass is 352 g/mol. The normalized spacial score (nSPS) is 17.4. The molecule has 0 aliphatic carbocycles. The Morgan fingerprint density at radius 3 is 3.15 bits per heavy atom. The highest BCUT2D eigenvalue weighted by Crippen LogP contribution is 2.23. The van der Waals surface area contributed by atoms with Crippen LogP contribution < -0.4 is 10.2 Å². The fraction of sp³-hybridized carbons (Fsp3) is 0.353. The molecule has 1 amide bonds. The second-order valence-electron chi connectivity index (χ2n) is 6.25. The molecule has 0 spiro atoms. The SMILES string of the molecule is CN(CC(=O)N1CCNCC1c1cccnc1)c1ncnc2nc[nH]c12. The van der Waals surface area contributed by atoms with Crippen LogP contribution in [0.1, 0.15) is 11.6 Å². The summed E-state index contributed by atoms with van der Waals surface area (Å²) >= 11 is 0. The Balaban J connectivity index is 1.53. The van der Waals surface area contributed by atoms with Gasteiger partial charge in [-0.2, -0.15) is 0 Å². The molecule has 9 heteroatoms. The average Bonchev–Trinajstić information content (AvgIpc) is 3.17. The number of imidazole rings is 1. The van der Waals surface area contributed by atoms with E-state index in [9.17, 15) is 4.79 Å². The highest BCUT2D eigenvalue weighted by atomic mass is 16.2. The summed E-state index contributed by atoms with van der Waals surface area (Å²) in [7, 11) is 1.85. The molecule has 4 rings (SSSR count). The molecule has 9 nitrogen and oxygen atoms in total. The number of carbonyl (C=O) groups is 1. The molecule has 1 aliphatic heterocycles. The average molecular weight is 352 g/mol. The molecular weight excluding hydrogens is 332 g/mol. The van der Waals surface area contributed by atoms with E-state index in [0.717, 1.165) is 24.2 Å². The molecule has 4 heterocycles. The maximum atomic E-state index is 13.0. The van der Waals surface area contributed by atoms with E-state index in [-0.39, 0.29) is 18.5 Å². The van der Waals surface area contributed by atoms with E-state index in [1.54, 1.807) is 12.5 Å². The summed E-state index contributed by atoms with van der Waals surface area (Å²) in [5.41, 5.74) is 2.35. The van der Waals surface area contributed by atoms with E-state index < -0.39 is 0 Å². The summed E-state index contributed by atoms with van der Waals surface area (Å²) in [6, 6.07) is 3.89. The lowest BCUT2D eigenvalue weighted by atomic mass is 10.1. The number of amides is 1. The molecule has 0 radical (unpaired) electrons. The highest BCUT2D eigenvalue weighted by molar-refractivity contribution is 5.87. The number of piperazine rings is 1. The van der Waals surface area contributed by atoms with Gasteiger partial charge in [-0.15, -0.1) is 0 Å². The first-order valence-electron chi connectivity index (χ1n) is 8.49. The highest BCUT2D eigenvalue weighted by Gasteiger charge is 2.29. The van der Waals surface area contributed by atoms with Crippen LogP contribution in [-0.2, 0) is 4.79 Å². The van der Waals surface area contributed by atoms with Crippen molar-refractivity contribution in [3.8, 4) is 0 Å². The second-order valence-corrected chi connectivity index (χ2v) is 6.25. The van der Waals surface area contributed by atoms with Crippen LogP contribution in [0.5, 0.6) is 0 Å². The molecule has 2 N–H and O–H groups in total. The van der Waals surface area contributed by atoms with Crippen LogP contribution >= 0.6 is 0 Å². The fourth-order valence-electron chi connectivity index (χ4n) is 3.28. The first-order valence-corrected chi connectivity index (χ1v) is 8.49. The third-order valence-corrected chi connectivity index (χ3v) is 4.57. The molecule has 3 aromatic rings. The van der Waals surface area contributed by atoms with Gasteiger partial charge in [0.1, 0.15) is 11.8 Å². The van der Waals surface area contributed by atoms with Gasteiger partial charge in [0, 0.05) is 39.1 Å². The predicted octanol–water partition coefficient (Wildman–Crippen LogP) is 0.357. The minimum absolute atomic E-state index is 0.0177. The van der Waals surface area contributed by atoms with Gasteiger partial charge in [0.25, 0.3) is 0 Å². The molecule has 1 aliphatic rings. The van der Waals surface area contributed by atoms with E-state index in [1.807, 2.05) is 35.2 Å². The summed E-state index contributed by atoms with van der Waals surface area (Å²) in [5, 5.41) is 3.35. The summed E-state index contributed by atoms with van der Waals surface area (Å²) in [5.74, 6) is 0.711. The van der Waals surface area contributed by atoms with Gasteiger partial charge in [-0.3, -0.25) is 9.78 Å². The zero-order valence-corrected chi connectivity index (χ0v) is 14.5. The number of anilines is 1. The van der Waals surface area contributed by atoms with E-state index in [1.165, 1.54) is 6.33 Å². The van der Waals surface area contributed by atoms with Gasteiger partial charge < -0.3 is 20.1 Å². The number of rotatable bonds is 4. The molecular formula is C17H20N8O. The van der Waals surface area contributed by atoms with Gasteiger partial charge in [-0.1, -0.05) is 6.07 Å². The predicted molar refractivity (Wildman–Crippen MR) is 96.5 cm³/mol. The number of aromatic nitrogens is 5. The molecule has 0 bridgehead atoms. The molecule has 3 aromatic heterocycles. The number of fused-ring (bicyclic) bond motifs is 1. The molecule has 1 fully saturated rings. The minimum Gasteiger partial charge on any atom is -0.348 e. The van der Waals surface area contributed by atoms with Crippen molar-refractivity contribution in [3.05, 3.63) is 42.7 Å². The number of hydrogen-bond donors (Lipinski definition) is 2. The van der Waals surface area contributed by atoms with Crippen molar-refractivity contribution in [2.75, 3.05) is 38.1 Å². The van der Waals surface area contributed by atoms with Crippen molar-refractivity contribution >= 4 is 22.9 Å². The van der Waals surface area contributed by atoms with E-state index in [0.29, 0.717) is 18.0 Å². The number of pyridine rings is 1. The van der Waals surface area contributed by atoms with E-state index in [2.05, 4.69) is 30.2 Å². The van der Waals surface area contributed by atoms with Crippen molar-refractivity contribution in [1.82, 2.24) is 35.1 Å². The van der Waals surface area contributed by atoms with Gasteiger partial charge >= 0.3 is 0 Å². The molecule has 1 saturated heterocycles. The lowest BCUT2D eigenvalue weighted by molar-refractivity contribution is -0.133. The third-order valence-electron chi connectivity index (χ3n) is 4.57. The number of nitrogens with zero attached hydrogens (tertiary/aromatic N) is 6. The van der Waals surface area contributed by atoms with Crippen LogP contribution in [0.15, 0.2) is 37.2 Å². The molecule has 0 aromatic carbocycles. The van der Waals surface area contributed by atoms with Crippen LogP contribution in [-0.4, -0.2) is 69.0 Å². The maximum Gasteiger partial charge on any atom is 0.242 e. The Morgan fingerprint density at radius 1 is 1.38 bits per heavy atom. The zero-order chi connectivity index (χ0) is 17.9. The van der Waals surface area contributed by atoms with Crippen molar-refractivity contribution < 1.29 is 4.79 Å². The Bertz CT molecular complexity index is 896. The minimum atomic E-state index is -0.0177. The first kappa shape index (κ1) is 16.4. The van der Waals surface area contributed by atoms with Gasteiger partial charge in [0.05, 0.1) is 18.9 Å². The summed E-state index contributed by atoms with van der Waals surface area (Å²) in [4.78, 5) is 36.5. The van der Waals surface area contributed by atoms with Crippen molar-refractivity contribution in [1.29, 1.82) is 0 Å². The number of carbonyl (C=O) groups excluding carboxylic acids is 1. The standard InChI is InChI=1S/C17H20N8O/c1-24(17-15-16(21-10-20-15)22-11-23-17)9-14(26)25-6-5-19-8-13(25)12-3-2-4-18-7-12/h2-4,7,10-11,13,19H,5-6,8-9H2,1H3,(H,20,21,22,23). The van der Waals surface area contributed by atoms with Gasteiger partial charge in [-0.25, -0.2) is 15.0 Å². The summed E-state index contributed by atoms with van der Waals surface area (Å²) < 4.78 is 0. The van der Waals surface area contributed by atoms with Gasteiger partial charge in [-0.05, 0) is 11.6 Å². The lowest BCUT2D eigenvalue weighted by Crippen LogP contribution is -2.51. The smallest absolute Gasteiger partial charge is 0.242 e. The van der Waals surface area contributed by atoms with Gasteiger partial charge in [0.15, 0.2) is 11.5 Å². The van der Waals surface area contributed by atoms with Crippen LogP contribution in [0.2, 0.25) is 0 Å². The lowest BCUT2D eigenvalue weighted by Gasteiger charge is -2.37. The van der Waals surface area contributed by atoms with Crippen molar-refractivity contribution in [2.45, 2.75) is 6.04 Å². The fourth-order valence-corrected chi connectivity index (χ4v) is 3.28. The quantitative estimate of drug-likeness (QED) is 0.699. The molecule has 1 atom stereocenters. The number of hydrogen-bond acceptors (Lipinski definition) is 7. The Hall–Kier alpha value is -3.07. The molecule has 26 heavy (non-hydrogen) atoms. The van der Waals surface area contributed by atoms with Gasteiger partial charge in [0.2, 0.25) is 5.91 Å². The topological polar surface area (TPSA) is 103 Å². The summed E-state index contributed by atoms with van der Waals surface area (Å²) in [6.07, 6.45) is 6.60. The van der Waals surface area contributed by atoms with Crippen LogP contribution in [0, 0.1) is 0 Å².